The number of nitrogens with one attached hydrogen (secondary N) is 2. The summed E-state index contributed by atoms with van der Waals surface area (Å²) in [5.41, 5.74) is -0.505. The SMILES string of the molecule is CCNC(=NCCN(CC)C(=O)OC(C)(C)C)NC1CCN(C(=O)C2CCCC2)C1. The fraction of sp³-hybridized carbons (Fsp3) is 0.864. The lowest BCUT2D eigenvalue weighted by molar-refractivity contribution is -0.134. The molecule has 1 saturated heterocycles. The molecule has 0 spiro atoms. The molecule has 2 rings (SSSR count). The third-order valence-electron chi connectivity index (χ3n) is 5.56. The fourth-order valence-electron chi connectivity index (χ4n) is 4.01. The van der Waals surface area contributed by atoms with E-state index in [2.05, 4.69) is 15.6 Å². The molecule has 8 nitrogen and oxygen atoms in total. The summed E-state index contributed by atoms with van der Waals surface area (Å²) in [4.78, 5) is 33.2. The molecule has 30 heavy (non-hydrogen) atoms. The molecule has 1 aliphatic heterocycles. The molecule has 0 bridgehead atoms. The van der Waals surface area contributed by atoms with E-state index in [1.165, 1.54) is 12.8 Å². The smallest absolute Gasteiger partial charge is 0.410 e. The summed E-state index contributed by atoms with van der Waals surface area (Å²) in [5, 5.41) is 6.73. The van der Waals surface area contributed by atoms with Crippen LogP contribution in [0.2, 0.25) is 0 Å². The topological polar surface area (TPSA) is 86.3 Å². The molecule has 0 aromatic heterocycles. The van der Waals surface area contributed by atoms with Crippen LogP contribution in [-0.4, -0.2) is 78.7 Å². The number of hydrogen-bond donors (Lipinski definition) is 2. The number of aliphatic imine (C=N–C) groups is 1. The van der Waals surface area contributed by atoms with Crippen LogP contribution in [-0.2, 0) is 9.53 Å². The van der Waals surface area contributed by atoms with Crippen LogP contribution in [0.5, 0.6) is 0 Å². The molecule has 2 amide bonds. The van der Waals surface area contributed by atoms with Gasteiger partial charge in [0.25, 0.3) is 0 Å². The Labute approximate surface area is 181 Å². The number of likely N-dealkylation sites (tertiary alicyclic amines) is 1. The molecule has 2 N–H and O–H groups in total. The highest BCUT2D eigenvalue weighted by molar-refractivity contribution is 5.81. The van der Waals surface area contributed by atoms with E-state index in [1.807, 2.05) is 39.5 Å². The van der Waals surface area contributed by atoms with E-state index in [4.69, 9.17) is 4.74 Å². The first kappa shape index (κ1) is 24.3. The minimum Gasteiger partial charge on any atom is -0.444 e. The van der Waals surface area contributed by atoms with Crippen LogP contribution in [0.3, 0.4) is 0 Å². The second-order valence-corrected chi connectivity index (χ2v) is 9.22. The molecule has 0 aromatic carbocycles. The van der Waals surface area contributed by atoms with Gasteiger partial charge < -0.3 is 25.2 Å². The molecule has 1 unspecified atom stereocenters. The van der Waals surface area contributed by atoms with E-state index < -0.39 is 5.60 Å². The maximum atomic E-state index is 12.7. The summed E-state index contributed by atoms with van der Waals surface area (Å²) in [6.45, 7) is 13.4. The van der Waals surface area contributed by atoms with Crippen LogP contribution in [0.1, 0.15) is 66.7 Å². The molecule has 1 saturated carbocycles. The van der Waals surface area contributed by atoms with Crippen molar-refractivity contribution < 1.29 is 14.3 Å². The number of carbonyl (C=O) groups is 2. The first-order chi connectivity index (χ1) is 14.2. The molecule has 1 aliphatic carbocycles. The molecule has 172 valence electrons. The van der Waals surface area contributed by atoms with Crippen molar-refractivity contribution in [2.45, 2.75) is 78.4 Å². The molecular weight excluding hydrogens is 382 g/mol. The van der Waals surface area contributed by atoms with Crippen molar-refractivity contribution in [1.29, 1.82) is 0 Å². The number of amides is 2. The summed E-state index contributed by atoms with van der Waals surface area (Å²) in [6.07, 6.45) is 5.08. The van der Waals surface area contributed by atoms with Crippen LogP contribution in [0.4, 0.5) is 4.79 Å². The van der Waals surface area contributed by atoms with Gasteiger partial charge in [0.1, 0.15) is 5.60 Å². The van der Waals surface area contributed by atoms with Gasteiger partial charge in [-0.25, -0.2) is 4.79 Å². The maximum absolute atomic E-state index is 12.7. The van der Waals surface area contributed by atoms with Crippen LogP contribution >= 0.6 is 0 Å². The third-order valence-corrected chi connectivity index (χ3v) is 5.56. The highest BCUT2D eigenvalue weighted by Gasteiger charge is 2.32. The van der Waals surface area contributed by atoms with Gasteiger partial charge in [-0.05, 0) is 53.9 Å². The second-order valence-electron chi connectivity index (χ2n) is 9.22. The minimum atomic E-state index is -0.505. The Morgan fingerprint density at radius 1 is 1.17 bits per heavy atom. The van der Waals surface area contributed by atoms with Crippen molar-refractivity contribution in [3.05, 3.63) is 0 Å². The zero-order valence-electron chi connectivity index (χ0n) is 19.5. The zero-order valence-corrected chi connectivity index (χ0v) is 19.5. The Bertz CT molecular complexity index is 596. The Kier molecular flexibility index (Phi) is 9.24. The van der Waals surface area contributed by atoms with Crippen molar-refractivity contribution >= 4 is 18.0 Å². The van der Waals surface area contributed by atoms with Crippen molar-refractivity contribution in [3.63, 3.8) is 0 Å². The number of likely N-dealkylation sites (N-methyl/N-ethyl adjacent to an activating group) is 1. The van der Waals surface area contributed by atoms with Gasteiger partial charge >= 0.3 is 6.09 Å². The summed E-state index contributed by atoms with van der Waals surface area (Å²) in [6, 6.07) is 0.210. The Morgan fingerprint density at radius 2 is 1.87 bits per heavy atom. The Balaban J connectivity index is 1.83. The van der Waals surface area contributed by atoms with Crippen LogP contribution in [0.25, 0.3) is 0 Å². The quantitative estimate of drug-likeness (QED) is 0.486. The third kappa shape index (κ3) is 7.69. The predicted molar refractivity (Wildman–Crippen MR) is 120 cm³/mol. The van der Waals surface area contributed by atoms with Gasteiger partial charge in [-0.15, -0.1) is 0 Å². The number of nitrogens with zero attached hydrogens (tertiary/aromatic N) is 3. The predicted octanol–water partition coefficient (Wildman–Crippen LogP) is 2.59. The highest BCUT2D eigenvalue weighted by atomic mass is 16.6. The monoisotopic (exact) mass is 423 g/mol. The van der Waals surface area contributed by atoms with Gasteiger partial charge in [-0.3, -0.25) is 9.79 Å². The average Bonchev–Trinajstić information content (AvgIpc) is 3.35. The summed E-state index contributed by atoms with van der Waals surface area (Å²) < 4.78 is 5.45. The lowest BCUT2D eigenvalue weighted by Crippen LogP contribution is -2.46. The fourth-order valence-corrected chi connectivity index (χ4v) is 4.01. The molecular formula is C22H41N5O3. The van der Waals surface area contributed by atoms with Gasteiger partial charge in [0.15, 0.2) is 5.96 Å². The zero-order chi connectivity index (χ0) is 22.1. The molecule has 2 aliphatic rings. The first-order valence-corrected chi connectivity index (χ1v) is 11.5. The number of rotatable bonds is 7. The van der Waals surface area contributed by atoms with Crippen molar-refractivity contribution in [2.75, 3.05) is 39.3 Å². The molecule has 2 fully saturated rings. The number of guanidine groups is 1. The van der Waals surface area contributed by atoms with E-state index >= 15 is 0 Å². The largest absolute Gasteiger partial charge is 0.444 e. The van der Waals surface area contributed by atoms with E-state index in [0.717, 1.165) is 44.9 Å². The van der Waals surface area contributed by atoms with Gasteiger partial charge in [0.05, 0.1) is 6.54 Å². The lowest BCUT2D eigenvalue weighted by atomic mass is 10.1. The summed E-state index contributed by atoms with van der Waals surface area (Å²) in [5.74, 6) is 1.30. The Hall–Kier alpha value is -1.99. The molecule has 8 heteroatoms. The van der Waals surface area contributed by atoms with E-state index in [1.54, 1.807) is 4.90 Å². The standard InChI is InChI=1S/C22H41N5O3/c1-6-23-20(24-13-15-26(7-2)21(29)30-22(3,4)5)25-18-12-14-27(16-18)19(28)17-10-8-9-11-17/h17-18H,6-16H2,1-5H3,(H2,23,24,25). The minimum absolute atomic E-state index is 0.210. The van der Waals surface area contributed by atoms with Crippen molar-refractivity contribution in [2.24, 2.45) is 10.9 Å². The van der Waals surface area contributed by atoms with Crippen LogP contribution < -0.4 is 10.6 Å². The van der Waals surface area contributed by atoms with Gasteiger partial charge in [-0.1, -0.05) is 12.8 Å². The molecule has 0 radical (unpaired) electrons. The second kappa shape index (κ2) is 11.4. The summed E-state index contributed by atoms with van der Waals surface area (Å²) in [7, 11) is 0. The van der Waals surface area contributed by atoms with Gasteiger partial charge in [0, 0.05) is 44.7 Å². The maximum Gasteiger partial charge on any atom is 0.410 e. The number of carbonyl (C=O) groups excluding carboxylic acids is 2. The average molecular weight is 424 g/mol. The lowest BCUT2D eigenvalue weighted by Gasteiger charge is -2.26. The number of ether oxygens (including phenoxy) is 1. The van der Waals surface area contributed by atoms with Gasteiger partial charge in [0.2, 0.25) is 5.91 Å². The molecule has 0 aromatic rings. The normalized spacial score (nSPS) is 20.4. The summed E-state index contributed by atoms with van der Waals surface area (Å²) >= 11 is 0. The number of hydrogen-bond acceptors (Lipinski definition) is 4. The highest BCUT2D eigenvalue weighted by Crippen LogP contribution is 2.27. The first-order valence-electron chi connectivity index (χ1n) is 11.5. The molecule has 1 atom stereocenters. The van der Waals surface area contributed by atoms with E-state index in [9.17, 15) is 9.59 Å². The Morgan fingerprint density at radius 3 is 2.47 bits per heavy atom. The van der Waals surface area contributed by atoms with Crippen molar-refractivity contribution in [3.8, 4) is 0 Å². The van der Waals surface area contributed by atoms with Crippen molar-refractivity contribution in [1.82, 2.24) is 20.4 Å². The molecule has 1 heterocycles. The van der Waals surface area contributed by atoms with E-state index in [-0.39, 0.29) is 18.1 Å². The van der Waals surface area contributed by atoms with E-state index in [0.29, 0.717) is 25.5 Å². The van der Waals surface area contributed by atoms with Gasteiger partial charge in [-0.2, -0.15) is 0 Å². The van der Waals surface area contributed by atoms with Crippen LogP contribution in [0, 0.1) is 5.92 Å². The van der Waals surface area contributed by atoms with Crippen LogP contribution in [0.15, 0.2) is 4.99 Å².